The SMILES string of the molecule is CCCC[C@@H](C(=O)O[C@H](c1ccccc1)[C@H](C)N(Cc1ccccc1C)Cc1c(C)cc(C)cc1C)[C@@H](O)c1ccccc1. The van der Waals surface area contributed by atoms with Crippen molar-refractivity contribution in [2.75, 3.05) is 0 Å². The number of hydrogen-bond donors (Lipinski definition) is 1. The number of aryl methyl sites for hydroxylation is 4. The van der Waals surface area contributed by atoms with Crippen molar-refractivity contribution in [3.63, 3.8) is 0 Å². The van der Waals surface area contributed by atoms with Crippen LogP contribution in [0.25, 0.3) is 0 Å². The summed E-state index contributed by atoms with van der Waals surface area (Å²) in [6.45, 7) is 14.4. The van der Waals surface area contributed by atoms with Crippen LogP contribution in [0.4, 0.5) is 0 Å². The van der Waals surface area contributed by atoms with Gasteiger partial charge >= 0.3 is 5.97 Å². The van der Waals surface area contributed by atoms with E-state index in [4.69, 9.17) is 4.74 Å². The summed E-state index contributed by atoms with van der Waals surface area (Å²) < 4.78 is 6.53. The zero-order valence-electron chi connectivity index (χ0n) is 27.3. The molecular weight excluding hydrogens is 542 g/mol. The average Bonchev–Trinajstić information content (AvgIpc) is 3.02. The summed E-state index contributed by atoms with van der Waals surface area (Å²) in [5.74, 6) is -1.00. The van der Waals surface area contributed by atoms with Crippen molar-refractivity contribution in [2.24, 2.45) is 5.92 Å². The Morgan fingerprint density at radius 1 is 0.773 bits per heavy atom. The summed E-state index contributed by atoms with van der Waals surface area (Å²) in [6, 6.07) is 32.4. The Labute approximate surface area is 264 Å². The van der Waals surface area contributed by atoms with Crippen LogP contribution in [0.5, 0.6) is 0 Å². The second kappa shape index (κ2) is 15.8. The molecule has 0 amide bonds. The van der Waals surface area contributed by atoms with Crippen molar-refractivity contribution in [2.45, 2.75) is 92.1 Å². The van der Waals surface area contributed by atoms with E-state index < -0.39 is 18.1 Å². The van der Waals surface area contributed by atoms with E-state index in [-0.39, 0.29) is 12.0 Å². The summed E-state index contributed by atoms with van der Waals surface area (Å²) >= 11 is 0. The van der Waals surface area contributed by atoms with Gasteiger partial charge in [-0.05, 0) is 80.0 Å². The number of nitrogens with zero attached hydrogens (tertiary/aromatic N) is 1. The molecule has 0 aliphatic rings. The van der Waals surface area contributed by atoms with Crippen LogP contribution in [0.2, 0.25) is 0 Å². The Morgan fingerprint density at radius 3 is 1.93 bits per heavy atom. The number of aliphatic hydroxyl groups is 1. The monoisotopic (exact) mass is 591 g/mol. The van der Waals surface area contributed by atoms with Crippen molar-refractivity contribution in [3.8, 4) is 0 Å². The zero-order chi connectivity index (χ0) is 31.6. The number of ether oxygens (including phenoxy) is 1. The summed E-state index contributed by atoms with van der Waals surface area (Å²) in [5.41, 5.74) is 9.26. The van der Waals surface area contributed by atoms with Crippen LogP contribution in [0.3, 0.4) is 0 Å². The molecule has 0 spiro atoms. The fourth-order valence-electron chi connectivity index (χ4n) is 6.22. The first-order valence-corrected chi connectivity index (χ1v) is 16.0. The van der Waals surface area contributed by atoms with Crippen molar-refractivity contribution >= 4 is 5.97 Å². The fourth-order valence-corrected chi connectivity index (χ4v) is 6.22. The molecule has 0 saturated heterocycles. The number of esters is 1. The number of carbonyl (C=O) groups is 1. The summed E-state index contributed by atoms with van der Waals surface area (Å²) in [6.07, 6.45) is 0.883. The van der Waals surface area contributed by atoms with Crippen LogP contribution in [0.15, 0.2) is 97.1 Å². The van der Waals surface area contributed by atoms with E-state index in [1.807, 2.05) is 60.7 Å². The van der Waals surface area contributed by atoms with E-state index in [0.29, 0.717) is 13.0 Å². The highest BCUT2D eigenvalue weighted by Gasteiger charge is 2.35. The minimum Gasteiger partial charge on any atom is -0.456 e. The molecule has 232 valence electrons. The van der Waals surface area contributed by atoms with E-state index in [1.165, 1.54) is 33.4 Å². The zero-order valence-corrected chi connectivity index (χ0v) is 27.3. The van der Waals surface area contributed by atoms with Gasteiger partial charge in [-0.3, -0.25) is 9.69 Å². The molecule has 0 aliphatic heterocycles. The molecule has 4 heteroatoms. The van der Waals surface area contributed by atoms with Crippen LogP contribution in [0, 0.1) is 33.6 Å². The maximum absolute atomic E-state index is 14.1. The third-order valence-electron chi connectivity index (χ3n) is 8.92. The topological polar surface area (TPSA) is 49.8 Å². The molecule has 0 bridgehead atoms. The minimum atomic E-state index is -0.928. The largest absolute Gasteiger partial charge is 0.456 e. The number of aliphatic hydroxyl groups excluding tert-OH is 1. The van der Waals surface area contributed by atoms with Crippen LogP contribution in [0.1, 0.15) is 89.8 Å². The van der Waals surface area contributed by atoms with Gasteiger partial charge in [-0.15, -0.1) is 0 Å². The first-order chi connectivity index (χ1) is 21.2. The standard InChI is InChI=1S/C40H49NO3/c1-7-8-23-36(38(42)33-18-11-9-12-19-33)40(43)44-39(34-20-13-10-14-21-34)32(6)41(26-35-22-16-15-17-29(35)3)27-37-30(4)24-28(2)25-31(37)5/h9-22,24-25,32,36,38-39,42H,7-8,23,26-27H2,1-6H3/t32-,36+,38-,39-/m0/s1. The number of unbranched alkanes of at least 4 members (excludes halogenated alkanes) is 1. The van der Waals surface area contributed by atoms with Gasteiger partial charge in [-0.1, -0.05) is 122 Å². The Bertz CT molecular complexity index is 1460. The molecule has 0 heterocycles. The maximum atomic E-state index is 14.1. The fraction of sp³-hybridized carbons (Fsp3) is 0.375. The Hall–Kier alpha value is -3.73. The van der Waals surface area contributed by atoms with E-state index in [9.17, 15) is 9.90 Å². The molecule has 0 fully saturated rings. The van der Waals surface area contributed by atoms with E-state index in [1.54, 1.807) is 0 Å². The van der Waals surface area contributed by atoms with Gasteiger partial charge in [0.1, 0.15) is 6.10 Å². The van der Waals surface area contributed by atoms with Gasteiger partial charge in [0.2, 0.25) is 0 Å². The van der Waals surface area contributed by atoms with E-state index in [2.05, 4.69) is 82.8 Å². The first kappa shape index (κ1) is 33.2. The molecule has 0 radical (unpaired) electrons. The van der Waals surface area contributed by atoms with Crippen LogP contribution in [-0.2, 0) is 22.6 Å². The summed E-state index contributed by atoms with van der Waals surface area (Å²) in [4.78, 5) is 16.5. The molecule has 4 atom stereocenters. The molecule has 4 rings (SSSR count). The lowest BCUT2D eigenvalue weighted by atomic mass is 9.90. The molecule has 0 saturated carbocycles. The summed E-state index contributed by atoms with van der Waals surface area (Å²) in [5, 5.41) is 11.4. The predicted octanol–water partition coefficient (Wildman–Crippen LogP) is 9.14. The van der Waals surface area contributed by atoms with Gasteiger partial charge in [-0.2, -0.15) is 0 Å². The Balaban J connectivity index is 1.72. The lowest BCUT2D eigenvalue weighted by molar-refractivity contribution is -0.163. The van der Waals surface area contributed by atoms with Crippen LogP contribution in [-0.4, -0.2) is 22.0 Å². The highest BCUT2D eigenvalue weighted by molar-refractivity contribution is 5.74. The third-order valence-corrected chi connectivity index (χ3v) is 8.92. The molecule has 44 heavy (non-hydrogen) atoms. The Kier molecular flexibility index (Phi) is 11.9. The third kappa shape index (κ3) is 8.46. The lowest BCUT2D eigenvalue weighted by Crippen LogP contribution is -2.40. The maximum Gasteiger partial charge on any atom is 0.312 e. The highest BCUT2D eigenvalue weighted by atomic mass is 16.5. The first-order valence-electron chi connectivity index (χ1n) is 16.0. The number of benzene rings is 4. The predicted molar refractivity (Wildman–Crippen MR) is 180 cm³/mol. The second-order valence-corrected chi connectivity index (χ2v) is 12.3. The van der Waals surface area contributed by atoms with Crippen LogP contribution < -0.4 is 0 Å². The van der Waals surface area contributed by atoms with E-state index >= 15 is 0 Å². The molecule has 4 nitrogen and oxygen atoms in total. The normalized spacial score (nSPS) is 14.2. The van der Waals surface area contributed by atoms with Gasteiger partial charge in [-0.25, -0.2) is 0 Å². The minimum absolute atomic E-state index is 0.151. The Morgan fingerprint density at radius 2 is 1.34 bits per heavy atom. The van der Waals surface area contributed by atoms with E-state index in [0.717, 1.165) is 30.5 Å². The van der Waals surface area contributed by atoms with Crippen molar-refractivity contribution in [3.05, 3.63) is 142 Å². The molecule has 0 unspecified atom stereocenters. The second-order valence-electron chi connectivity index (χ2n) is 12.3. The van der Waals surface area contributed by atoms with Gasteiger partial charge in [0, 0.05) is 19.1 Å². The molecule has 4 aromatic carbocycles. The van der Waals surface area contributed by atoms with Crippen LogP contribution >= 0.6 is 0 Å². The van der Waals surface area contributed by atoms with Crippen molar-refractivity contribution in [1.82, 2.24) is 4.90 Å². The number of rotatable bonds is 14. The summed E-state index contributed by atoms with van der Waals surface area (Å²) in [7, 11) is 0. The van der Waals surface area contributed by atoms with Gasteiger partial charge in [0.15, 0.2) is 0 Å². The van der Waals surface area contributed by atoms with Crippen molar-refractivity contribution in [1.29, 1.82) is 0 Å². The quantitative estimate of drug-likeness (QED) is 0.149. The number of hydrogen-bond acceptors (Lipinski definition) is 4. The molecule has 1 N–H and O–H groups in total. The van der Waals surface area contributed by atoms with Crippen molar-refractivity contribution < 1.29 is 14.6 Å². The van der Waals surface area contributed by atoms with Gasteiger partial charge in [0.25, 0.3) is 0 Å². The van der Waals surface area contributed by atoms with Gasteiger partial charge < -0.3 is 9.84 Å². The highest BCUT2D eigenvalue weighted by Crippen LogP contribution is 2.34. The average molecular weight is 592 g/mol. The molecule has 0 aromatic heterocycles. The van der Waals surface area contributed by atoms with Gasteiger partial charge in [0.05, 0.1) is 12.0 Å². The molecule has 4 aromatic rings. The lowest BCUT2D eigenvalue weighted by Gasteiger charge is -2.36. The molecule has 0 aliphatic carbocycles. The molecular formula is C40H49NO3. The number of carbonyl (C=O) groups excluding carboxylic acids is 1. The smallest absolute Gasteiger partial charge is 0.312 e.